The second-order valence-electron chi connectivity index (χ2n) is 7.62. The van der Waals surface area contributed by atoms with Gasteiger partial charge >= 0.3 is 20.1 Å². The van der Waals surface area contributed by atoms with Gasteiger partial charge in [-0.05, 0) is 34.6 Å². The first-order valence-corrected chi connectivity index (χ1v) is 12.2. The van der Waals surface area contributed by atoms with Gasteiger partial charge in [0.2, 0.25) is 13.6 Å². The molecule has 0 amide bonds. The van der Waals surface area contributed by atoms with E-state index >= 15 is 0 Å². The topological polar surface area (TPSA) is 195 Å². The number of carbonyl (C=O) groups excluding carboxylic acids is 2. The molecule has 1 unspecified atom stereocenters. The van der Waals surface area contributed by atoms with Gasteiger partial charge in [0.15, 0.2) is 18.3 Å². The summed E-state index contributed by atoms with van der Waals surface area (Å²) in [6, 6.07) is 0. The van der Waals surface area contributed by atoms with Gasteiger partial charge in [-0.1, -0.05) is 0 Å². The van der Waals surface area contributed by atoms with Gasteiger partial charge < -0.3 is 34.0 Å². The van der Waals surface area contributed by atoms with Crippen LogP contribution in [0.15, 0.2) is 12.7 Å². The molecule has 0 bridgehead atoms. The molecule has 2 aromatic rings. The van der Waals surface area contributed by atoms with E-state index in [1.165, 1.54) is 12.7 Å². The lowest BCUT2D eigenvalue weighted by atomic mass is 10.4. The van der Waals surface area contributed by atoms with Crippen molar-refractivity contribution in [3.63, 3.8) is 0 Å². The molecule has 0 fully saturated rings. The molecule has 1 atom stereocenters. The standard InChI is InChI=1S/C19H30N5O11P/c1-12(2)34-18(25)29-10-32-36(27,33-11-30-19(26)35-13(3)4)31-9-28-14(5)6-24-8-23-15-16(20)21-7-22-17(15)24/h7-8,12-14H,6,9-11H2,1-5H3,(H2,20,21,22). The third kappa shape index (κ3) is 9.91. The Morgan fingerprint density at radius 3 is 2.03 bits per heavy atom. The number of phosphoric acid groups is 1. The lowest BCUT2D eigenvalue weighted by molar-refractivity contribution is -0.0795. The zero-order chi connectivity index (χ0) is 26.7. The fourth-order valence-electron chi connectivity index (χ4n) is 2.42. The van der Waals surface area contributed by atoms with Gasteiger partial charge in [0.25, 0.3) is 0 Å². The normalized spacial score (nSPS) is 12.6. The van der Waals surface area contributed by atoms with Crippen molar-refractivity contribution < 1.29 is 51.4 Å². The van der Waals surface area contributed by atoms with E-state index in [1.807, 2.05) is 0 Å². The van der Waals surface area contributed by atoms with Crippen LogP contribution in [0.5, 0.6) is 0 Å². The van der Waals surface area contributed by atoms with Gasteiger partial charge in [0.1, 0.15) is 11.8 Å². The highest BCUT2D eigenvalue weighted by molar-refractivity contribution is 7.48. The molecule has 16 nitrogen and oxygen atoms in total. The molecule has 0 spiro atoms. The fourth-order valence-corrected chi connectivity index (χ4v) is 3.19. The summed E-state index contributed by atoms with van der Waals surface area (Å²) >= 11 is 0. The number of phosphoric ester groups is 1. The Morgan fingerprint density at radius 2 is 1.47 bits per heavy atom. The summed E-state index contributed by atoms with van der Waals surface area (Å²) in [5.41, 5.74) is 6.73. The zero-order valence-corrected chi connectivity index (χ0v) is 21.4. The van der Waals surface area contributed by atoms with Crippen molar-refractivity contribution in [3.8, 4) is 0 Å². The number of imidazole rings is 1. The molecule has 2 aromatic heterocycles. The Bertz CT molecular complexity index is 1020. The molecular formula is C19H30N5O11P. The number of rotatable bonds is 14. The van der Waals surface area contributed by atoms with Crippen LogP contribution >= 0.6 is 7.82 Å². The summed E-state index contributed by atoms with van der Waals surface area (Å²) in [5, 5.41) is 0. The maximum atomic E-state index is 12.9. The van der Waals surface area contributed by atoms with Gasteiger partial charge in [-0.15, -0.1) is 0 Å². The van der Waals surface area contributed by atoms with Crippen LogP contribution in [0.1, 0.15) is 34.6 Å². The first-order valence-electron chi connectivity index (χ1n) is 10.7. The molecule has 2 N–H and O–H groups in total. The third-order valence-electron chi connectivity index (χ3n) is 3.89. The monoisotopic (exact) mass is 535 g/mol. The van der Waals surface area contributed by atoms with Crippen LogP contribution in [0, 0.1) is 0 Å². The molecule has 2 rings (SSSR count). The number of hydrogen-bond acceptors (Lipinski definition) is 15. The number of ether oxygens (including phenoxy) is 5. The summed E-state index contributed by atoms with van der Waals surface area (Å²) in [7, 11) is -4.42. The molecule has 202 valence electrons. The minimum atomic E-state index is -4.42. The van der Waals surface area contributed by atoms with E-state index in [0.29, 0.717) is 11.2 Å². The largest absolute Gasteiger partial charge is 0.510 e. The fraction of sp³-hybridized carbons (Fsp3) is 0.632. The van der Waals surface area contributed by atoms with Gasteiger partial charge in [0, 0.05) is 0 Å². The molecule has 0 saturated heterocycles. The predicted octanol–water partition coefficient (Wildman–Crippen LogP) is 2.97. The van der Waals surface area contributed by atoms with Crippen LogP contribution < -0.4 is 5.73 Å². The van der Waals surface area contributed by atoms with Crippen molar-refractivity contribution in [3.05, 3.63) is 12.7 Å². The smallest absolute Gasteiger partial charge is 0.432 e. The van der Waals surface area contributed by atoms with Crippen LogP contribution in [0.25, 0.3) is 11.2 Å². The average molecular weight is 535 g/mol. The van der Waals surface area contributed by atoms with Crippen molar-refractivity contribution in [1.82, 2.24) is 19.5 Å². The van der Waals surface area contributed by atoms with Crippen molar-refractivity contribution in [2.45, 2.75) is 59.5 Å². The Kier molecular flexibility index (Phi) is 11.3. The highest BCUT2D eigenvalue weighted by atomic mass is 31.2. The van der Waals surface area contributed by atoms with Gasteiger partial charge in [0.05, 0.1) is 31.2 Å². The van der Waals surface area contributed by atoms with E-state index in [4.69, 9.17) is 33.5 Å². The van der Waals surface area contributed by atoms with Crippen molar-refractivity contribution >= 4 is 37.1 Å². The summed E-state index contributed by atoms with van der Waals surface area (Å²) < 4.78 is 53.9. The average Bonchev–Trinajstić information content (AvgIpc) is 3.16. The predicted molar refractivity (Wildman–Crippen MR) is 121 cm³/mol. The molecule has 0 aliphatic carbocycles. The molecule has 17 heteroatoms. The Morgan fingerprint density at radius 1 is 0.917 bits per heavy atom. The molecule has 2 heterocycles. The summed E-state index contributed by atoms with van der Waals surface area (Å²) in [5.74, 6) is 0.241. The number of carbonyl (C=O) groups is 2. The summed E-state index contributed by atoms with van der Waals surface area (Å²) in [6.45, 7) is 6.21. The molecule has 0 aliphatic rings. The van der Waals surface area contributed by atoms with Crippen LogP contribution in [0.2, 0.25) is 0 Å². The second-order valence-corrected chi connectivity index (χ2v) is 9.28. The molecule has 0 saturated carbocycles. The number of fused-ring (bicyclic) bond motifs is 1. The maximum absolute atomic E-state index is 12.9. The van der Waals surface area contributed by atoms with Crippen LogP contribution in [-0.2, 0) is 48.4 Å². The molecular weight excluding hydrogens is 505 g/mol. The quantitative estimate of drug-likeness (QED) is 0.210. The molecule has 36 heavy (non-hydrogen) atoms. The Labute approximate surface area is 206 Å². The van der Waals surface area contributed by atoms with Crippen molar-refractivity contribution in [2.24, 2.45) is 0 Å². The number of nitrogens with zero attached hydrogens (tertiary/aromatic N) is 4. The molecule has 0 radical (unpaired) electrons. The lowest BCUT2D eigenvalue weighted by Gasteiger charge is -2.19. The van der Waals surface area contributed by atoms with E-state index in [9.17, 15) is 14.2 Å². The van der Waals surface area contributed by atoms with Crippen molar-refractivity contribution in [1.29, 1.82) is 0 Å². The Hall–Kier alpha value is -3.04. The zero-order valence-electron chi connectivity index (χ0n) is 20.5. The Balaban J connectivity index is 1.89. The molecule has 0 aromatic carbocycles. The number of anilines is 1. The van der Waals surface area contributed by atoms with Crippen LogP contribution in [0.4, 0.5) is 15.4 Å². The lowest BCUT2D eigenvalue weighted by Crippen LogP contribution is -2.19. The van der Waals surface area contributed by atoms with Gasteiger partial charge in [-0.2, -0.15) is 0 Å². The highest BCUT2D eigenvalue weighted by Gasteiger charge is 2.29. The van der Waals surface area contributed by atoms with Crippen LogP contribution in [-0.4, -0.2) is 70.5 Å². The minimum absolute atomic E-state index is 0.241. The van der Waals surface area contributed by atoms with E-state index in [2.05, 4.69) is 24.4 Å². The number of aromatic nitrogens is 4. The summed E-state index contributed by atoms with van der Waals surface area (Å²) in [4.78, 5) is 35.1. The third-order valence-corrected chi connectivity index (χ3v) is 5.15. The summed E-state index contributed by atoms with van der Waals surface area (Å²) in [6.07, 6.45) is -0.653. The minimum Gasteiger partial charge on any atom is -0.432 e. The maximum Gasteiger partial charge on any atom is 0.510 e. The van der Waals surface area contributed by atoms with Crippen molar-refractivity contribution in [2.75, 3.05) is 26.1 Å². The SMILES string of the molecule is CC(C)OC(=O)OCOP(=O)(OCOC(=O)OC(C)C)OCOC(C)Cn1cnc2c(N)ncnc21. The van der Waals surface area contributed by atoms with E-state index < -0.39 is 58.8 Å². The number of nitrogens with two attached hydrogens (primary N) is 1. The highest BCUT2D eigenvalue weighted by Crippen LogP contribution is 2.49. The van der Waals surface area contributed by atoms with Gasteiger partial charge in [-0.3, -0.25) is 4.52 Å². The number of nitrogen functional groups attached to an aromatic ring is 1. The van der Waals surface area contributed by atoms with E-state index in [0.717, 1.165) is 0 Å². The molecule has 0 aliphatic heterocycles. The van der Waals surface area contributed by atoms with Gasteiger partial charge in [-0.25, -0.2) is 38.2 Å². The van der Waals surface area contributed by atoms with Crippen LogP contribution in [0.3, 0.4) is 0 Å². The first-order chi connectivity index (χ1) is 17.0. The first kappa shape index (κ1) is 29.2. The van der Waals surface area contributed by atoms with E-state index in [1.54, 1.807) is 39.2 Å². The number of hydrogen-bond donors (Lipinski definition) is 1. The van der Waals surface area contributed by atoms with E-state index in [-0.39, 0.29) is 12.4 Å². The second kappa shape index (κ2) is 13.9.